The van der Waals surface area contributed by atoms with Crippen LogP contribution in [0.4, 0.5) is 0 Å². The van der Waals surface area contributed by atoms with Crippen molar-refractivity contribution >= 4 is 0 Å². The maximum atomic E-state index is 8.66. The first-order valence-electron chi connectivity index (χ1n) is 7.21. The van der Waals surface area contributed by atoms with Crippen LogP contribution >= 0.6 is 0 Å². The van der Waals surface area contributed by atoms with Crippen LogP contribution in [0.1, 0.15) is 56.5 Å². The number of rotatable bonds is 9. The van der Waals surface area contributed by atoms with Gasteiger partial charge in [0, 0.05) is 12.5 Å². The number of aliphatic hydroxyl groups excluding tert-OH is 1. The molecule has 102 valence electrons. The Balaban J connectivity index is 1.55. The summed E-state index contributed by atoms with van der Waals surface area (Å²) in [5.41, 5.74) is 0. The summed E-state index contributed by atoms with van der Waals surface area (Å²) in [5, 5.41) is 12.1. The molecular weight excluding hydrogens is 226 g/mol. The fourth-order valence-electron chi connectivity index (χ4n) is 2.33. The first kappa shape index (κ1) is 13.6. The van der Waals surface area contributed by atoms with E-state index in [-0.39, 0.29) is 0 Å². The van der Waals surface area contributed by atoms with Crippen LogP contribution in [0.5, 0.6) is 0 Å². The Morgan fingerprint density at radius 1 is 1.28 bits per heavy atom. The molecule has 1 heterocycles. The lowest BCUT2D eigenvalue weighted by Crippen LogP contribution is -2.14. The SMILES string of the molecule is CC1CC1c1ccc(CNCCCCCCO)o1. The largest absolute Gasteiger partial charge is 0.464 e. The molecule has 1 saturated carbocycles. The van der Waals surface area contributed by atoms with Crippen LogP contribution in [0, 0.1) is 5.92 Å². The zero-order valence-corrected chi connectivity index (χ0v) is 11.3. The summed E-state index contributed by atoms with van der Waals surface area (Å²) in [4.78, 5) is 0. The van der Waals surface area contributed by atoms with Crippen molar-refractivity contribution in [3.05, 3.63) is 23.7 Å². The van der Waals surface area contributed by atoms with Gasteiger partial charge in [0.1, 0.15) is 11.5 Å². The smallest absolute Gasteiger partial charge is 0.117 e. The van der Waals surface area contributed by atoms with Crippen molar-refractivity contribution in [2.45, 2.75) is 51.5 Å². The van der Waals surface area contributed by atoms with Gasteiger partial charge in [0.2, 0.25) is 0 Å². The van der Waals surface area contributed by atoms with E-state index < -0.39 is 0 Å². The van der Waals surface area contributed by atoms with Gasteiger partial charge in [0.25, 0.3) is 0 Å². The second kappa shape index (κ2) is 6.95. The first-order valence-corrected chi connectivity index (χ1v) is 7.21. The minimum Gasteiger partial charge on any atom is -0.464 e. The summed E-state index contributed by atoms with van der Waals surface area (Å²) in [6, 6.07) is 4.23. The molecule has 0 amide bonds. The molecule has 3 heteroatoms. The summed E-state index contributed by atoms with van der Waals surface area (Å²) < 4.78 is 5.83. The Hall–Kier alpha value is -0.800. The number of unbranched alkanes of at least 4 members (excludes halogenated alkanes) is 3. The predicted octanol–water partition coefficient (Wildman–Crippen LogP) is 3.05. The van der Waals surface area contributed by atoms with Gasteiger partial charge in [-0.25, -0.2) is 0 Å². The van der Waals surface area contributed by atoms with Gasteiger partial charge in [-0.2, -0.15) is 0 Å². The molecule has 1 aliphatic carbocycles. The monoisotopic (exact) mass is 251 g/mol. The first-order chi connectivity index (χ1) is 8.81. The van der Waals surface area contributed by atoms with Gasteiger partial charge >= 0.3 is 0 Å². The quantitative estimate of drug-likeness (QED) is 0.663. The molecular formula is C15H25NO2. The standard InChI is InChI=1S/C15H25NO2/c1-12-10-14(12)15-7-6-13(18-15)11-16-8-4-2-3-5-9-17/h6-7,12,14,16-17H,2-5,8-11H2,1H3. The van der Waals surface area contributed by atoms with E-state index in [0.29, 0.717) is 12.5 Å². The van der Waals surface area contributed by atoms with Gasteiger partial charge in [-0.15, -0.1) is 0 Å². The molecule has 1 aliphatic rings. The third kappa shape index (κ3) is 4.14. The Morgan fingerprint density at radius 3 is 2.78 bits per heavy atom. The zero-order valence-electron chi connectivity index (χ0n) is 11.3. The highest BCUT2D eigenvalue weighted by Gasteiger charge is 2.36. The summed E-state index contributed by atoms with van der Waals surface area (Å²) in [6.07, 6.45) is 5.71. The van der Waals surface area contributed by atoms with Crippen molar-refractivity contribution in [3.63, 3.8) is 0 Å². The molecule has 2 N–H and O–H groups in total. The van der Waals surface area contributed by atoms with E-state index in [1.54, 1.807) is 0 Å². The van der Waals surface area contributed by atoms with Gasteiger partial charge in [-0.3, -0.25) is 0 Å². The number of hydrogen-bond acceptors (Lipinski definition) is 3. The van der Waals surface area contributed by atoms with Gasteiger partial charge < -0.3 is 14.8 Å². The van der Waals surface area contributed by atoms with Crippen molar-refractivity contribution in [2.24, 2.45) is 5.92 Å². The fraction of sp³-hybridized carbons (Fsp3) is 0.733. The fourth-order valence-corrected chi connectivity index (χ4v) is 2.33. The van der Waals surface area contributed by atoms with Crippen molar-refractivity contribution < 1.29 is 9.52 Å². The Morgan fingerprint density at radius 2 is 2.06 bits per heavy atom. The highest BCUT2D eigenvalue weighted by molar-refractivity contribution is 5.17. The number of aliphatic hydroxyl groups is 1. The molecule has 0 aromatic carbocycles. The minimum absolute atomic E-state index is 0.322. The molecule has 3 nitrogen and oxygen atoms in total. The van der Waals surface area contributed by atoms with Gasteiger partial charge in [-0.1, -0.05) is 19.8 Å². The van der Waals surface area contributed by atoms with E-state index in [1.807, 2.05) is 0 Å². The maximum Gasteiger partial charge on any atom is 0.117 e. The maximum absolute atomic E-state index is 8.66. The third-order valence-corrected chi connectivity index (χ3v) is 3.72. The summed E-state index contributed by atoms with van der Waals surface area (Å²) in [7, 11) is 0. The van der Waals surface area contributed by atoms with Gasteiger partial charge in [0.15, 0.2) is 0 Å². The van der Waals surface area contributed by atoms with E-state index in [0.717, 1.165) is 37.6 Å². The van der Waals surface area contributed by atoms with Crippen LogP contribution in [-0.4, -0.2) is 18.3 Å². The molecule has 2 rings (SSSR count). The number of hydrogen-bond donors (Lipinski definition) is 2. The second-order valence-electron chi connectivity index (χ2n) is 5.44. The summed E-state index contributed by atoms with van der Waals surface area (Å²) >= 11 is 0. The molecule has 1 aromatic heterocycles. The average Bonchev–Trinajstić information content (AvgIpc) is 2.91. The van der Waals surface area contributed by atoms with E-state index in [4.69, 9.17) is 9.52 Å². The minimum atomic E-state index is 0.322. The highest BCUT2D eigenvalue weighted by Crippen LogP contribution is 2.47. The summed E-state index contributed by atoms with van der Waals surface area (Å²) in [6.45, 7) is 4.46. The predicted molar refractivity (Wildman–Crippen MR) is 72.5 cm³/mol. The Bertz CT molecular complexity index is 348. The normalized spacial score (nSPS) is 22.3. The van der Waals surface area contributed by atoms with Crippen LogP contribution in [0.3, 0.4) is 0 Å². The van der Waals surface area contributed by atoms with Crippen LogP contribution in [0.15, 0.2) is 16.5 Å². The molecule has 2 unspecified atom stereocenters. The molecule has 18 heavy (non-hydrogen) atoms. The molecule has 0 aliphatic heterocycles. The molecule has 0 spiro atoms. The topological polar surface area (TPSA) is 45.4 Å². The molecule has 2 atom stereocenters. The lowest BCUT2D eigenvalue weighted by molar-refractivity contribution is 0.282. The van der Waals surface area contributed by atoms with Crippen molar-refractivity contribution in [3.8, 4) is 0 Å². The Kier molecular flexibility index (Phi) is 5.26. The van der Waals surface area contributed by atoms with Gasteiger partial charge in [0.05, 0.1) is 6.54 Å². The van der Waals surface area contributed by atoms with Crippen LogP contribution < -0.4 is 5.32 Å². The molecule has 0 radical (unpaired) electrons. The molecule has 0 bridgehead atoms. The average molecular weight is 251 g/mol. The van der Waals surface area contributed by atoms with Crippen molar-refractivity contribution in [1.29, 1.82) is 0 Å². The van der Waals surface area contributed by atoms with Crippen molar-refractivity contribution in [1.82, 2.24) is 5.32 Å². The van der Waals surface area contributed by atoms with E-state index in [1.165, 1.54) is 25.0 Å². The highest BCUT2D eigenvalue weighted by atomic mass is 16.3. The van der Waals surface area contributed by atoms with E-state index >= 15 is 0 Å². The molecule has 1 fully saturated rings. The van der Waals surface area contributed by atoms with Crippen molar-refractivity contribution in [2.75, 3.05) is 13.2 Å². The second-order valence-corrected chi connectivity index (χ2v) is 5.44. The summed E-state index contributed by atoms with van der Waals surface area (Å²) in [5.74, 6) is 3.71. The molecule has 0 saturated heterocycles. The third-order valence-electron chi connectivity index (χ3n) is 3.72. The number of furan rings is 1. The molecule has 1 aromatic rings. The zero-order chi connectivity index (χ0) is 12.8. The van der Waals surface area contributed by atoms with Crippen LogP contribution in [-0.2, 0) is 6.54 Å². The Labute approximate surface area is 110 Å². The van der Waals surface area contributed by atoms with E-state index in [2.05, 4.69) is 24.4 Å². The van der Waals surface area contributed by atoms with Crippen LogP contribution in [0.25, 0.3) is 0 Å². The lowest BCUT2D eigenvalue weighted by Gasteiger charge is -2.02. The van der Waals surface area contributed by atoms with E-state index in [9.17, 15) is 0 Å². The number of nitrogens with one attached hydrogen (secondary N) is 1. The van der Waals surface area contributed by atoms with Gasteiger partial charge in [-0.05, 0) is 43.9 Å². The van der Waals surface area contributed by atoms with Crippen LogP contribution in [0.2, 0.25) is 0 Å². The lowest BCUT2D eigenvalue weighted by atomic mass is 10.2.